The summed E-state index contributed by atoms with van der Waals surface area (Å²) in [4.78, 5) is 0. The lowest BCUT2D eigenvalue weighted by molar-refractivity contribution is 0.254. The van der Waals surface area contributed by atoms with Crippen LogP contribution in [-0.2, 0) is 13.2 Å². The van der Waals surface area contributed by atoms with Crippen LogP contribution in [-0.4, -0.2) is 6.04 Å². The number of ether oxygens (including phenoxy) is 1. The first-order chi connectivity index (χ1) is 10.1. The Labute approximate surface area is 128 Å². The smallest absolute Gasteiger partial charge is 0.183 e. The fraction of sp³-hybridized carbons (Fsp3) is 0.375. The normalized spacial score (nSPS) is 14.4. The van der Waals surface area contributed by atoms with Gasteiger partial charge in [0.05, 0.1) is 11.6 Å². The van der Waals surface area contributed by atoms with Crippen molar-refractivity contribution in [1.29, 1.82) is 0 Å². The molecule has 2 aromatic rings. The van der Waals surface area contributed by atoms with Crippen molar-refractivity contribution in [2.75, 3.05) is 0 Å². The van der Waals surface area contributed by atoms with E-state index < -0.39 is 5.82 Å². The topological polar surface area (TPSA) is 34.4 Å². The maximum absolute atomic E-state index is 13.7. The number of benzene rings is 1. The third kappa shape index (κ3) is 3.57. The highest BCUT2D eigenvalue weighted by atomic mass is 35.5. The first-order valence-electron chi connectivity index (χ1n) is 7.02. The third-order valence-corrected chi connectivity index (χ3v) is 3.78. The molecule has 1 N–H and O–H groups in total. The van der Waals surface area contributed by atoms with Crippen LogP contribution < -0.4 is 10.1 Å². The van der Waals surface area contributed by atoms with E-state index in [0.717, 1.165) is 17.9 Å². The zero-order valence-electron chi connectivity index (χ0n) is 11.8. The van der Waals surface area contributed by atoms with Crippen LogP contribution in [0, 0.1) is 12.7 Å². The number of aryl methyl sites for hydroxylation is 1. The highest BCUT2D eigenvalue weighted by Gasteiger charge is 2.21. The summed E-state index contributed by atoms with van der Waals surface area (Å²) in [6, 6.07) is 7.25. The summed E-state index contributed by atoms with van der Waals surface area (Å²) in [5.74, 6) is 1.18. The van der Waals surface area contributed by atoms with Crippen LogP contribution in [0.3, 0.4) is 0 Å². The van der Waals surface area contributed by atoms with E-state index in [9.17, 15) is 4.39 Å². The minimum atomic E-state index is -0.543. The third-order valence-electron chi connectivity index (χ3n) is 3.49. The molecule has 0 atom stereocenters. The minimum absolute atomic E-state index is 0.0532. The van der Waals surface area contributed by atoms with Gasteiger partial charge >= 0.3 is 0 Å². The van der Waals surface area contributed by atoms with Crippen molar-refractivity contribution >= 4 is 11.6 Å². The molecule has 0 amide bonds. The van der Waals surface area contributed by atoms with E-state index in [0.29, 0.717) is 11.8 Å². The molecule has 0 radical (unpaired) electrons. The van der Waals surface area contributed by atoms with Gasteiger partial charge < -0.3 is 14.5 Å². The number of hydrogen-bond donors (Lipinski definition) is 1. The molecule has 1 heterocycles. The van der Waals surface area contributed by atoms with Crippen molar-refractivity contribution in [2.45, 2.75) is 39.0 Å². The van der Waals surface area contributed by atoms with Crippen LogP contribution >= 0.6 is 11.6 Å². The van der Waals surface area contributed by atoms with Crippen molar-refractivity contribution in [3.63, 3.8) is 0 Å². The first-order valence-corrected chi connectivity index (χ1v) is 7.39. The van der Waals surface area contributed by atoms with Crippen LogP contribution in [0.2, 0.25) is 5.02 Å². The van der Waals surface area contributed by atoms with E-state index in [1.165, 1.54) is 18.9 Å². The zero-order valence-corrected chi connectivity index (χ0v) is 12.5. The van der Waals surface area contributed by atoms with E-state index in [1.54, 1.807) is 12.1 Å². The molecule has 0 saturated heterocycles. The number of hydrogen-bond acceptors (Lipinski definition) is 3. The molecule has 1 aromatic heterocycles. The highest BCUT2D eigenvalue weighted by Crippen LogP contribution is 2.26. The van der Waals surface area contributed by atoms with Gasteiger partial charge in [0.25, 0.3) is 0 Å². The van der Waals surface area contributed by atoms with Gasteiger partial charge in [-0.05, 0) is 43.5 Å². The van der Waals surface area contributed by atoms with Gasteiger partial charge in [0.2, 0.25) is 0 Å². The van der Waals surface area contributed by atoms with Crippen molar-refractivity contribution in [3.8, 4) is 5.75 Å². The average molecular weight is 310 g/mol. The summed E-state index contributed by atoms with van der Waals surface area (Å²) >= 11 is 5.71. The Morgan fingerprint density at radius 3 is 3.00 bits per heavy atom. The van der Waals surface area contributed by atoms with E-state index in [2.05, 4.69) is 5.32 Å². The van der Waals surface area contributed by atoms with Crippen molar-refractivity contribution in [1.82, 2.24) is 5.32 Å². The first kappa shape index (κ1) is 14.4. The van der Waals surface area contributed by atoms with Crippen molar-refractivity contribution in [2.24, 2.45) is 0 Å². The molecule has 1 saturated carbocycles. The average Bonchev–Trinajstić information content (AvgIpc) is 3.22. The molecule has 1 fully saturated rings. The Morgan fingerprint density at radius 1 is 1.43 bits per heavy atom. The Morgan fingerprint density at radius 2 is 2.24 bits per heavy atom. The largest absolute Gasteiger partial charge is 0.483 e. The van der Waals surface area contributed by atoms with Crippen molar-refractivity contribution in [3.05, 3.63) is 52.2 Å². The second-order valence-electron chi connectivity index (χ2n) is 5.31. The predicted molar refractivity (Wildman–Crippen MR) is 79.0 cm³/mol. The molecule has 1 aliphatic rings. The monoisotopic (exact) mass is 309 g/mol. The standard InChI is InChI=1S/C16H17ClFNO2/c1-10-7-12(21-15(10)8-19-11-5-6-11)9-20-14-4-2-3-13(17)16(14)18/h2-4,7,11,19H,5-6,8-9H2,1H3. The highest BCUT2D eigenvalue weighted by molar-refractivity contribution is 6.30. The predicted octanol–water partition coefficient (Wildman–Crippen LogP) is 4.21. The van der Waals surface area contributed by atoms with Crippen LogP contribution in [0.5, 0.6) is 5.75 Å². The molecule has 0 spiro atoms. The summed E-state index contributed by atoms with van der Waals surface area (Å²) in [5, 5.41) is 3.46. The molecule has 0 aliphatic heterocycles. The van der Waals surface area contributed by atoms with Crippen molar-refractivity contribution < 1.29 is 13.5 Å². The minimum Gasteiger partial charge on any atom is -0.483 e. The van der Waals surface area contributed by atoms with Crippen LogP contribution in [0.25, 0.3) is 0 Å². The zero-order chi connectivity index (χ0) is 14.8. The maximum atomic E-state index is 13.7. The van der Waals surface area contributed by atoms with Crippen LogP contribution in [0.1, 0.15) is 29.9 Å². The van der Waals surface area contributed by atoms with Gasteiger partial charge in [-0.15, -0.1) is 0 Å². The maximum Gasteiger partial charge on any atom is 0.183 e. The summed E-state index contributed by atoms with van der Waals surface area (Å²) in [6.07, 6.45) is 2.48. The van der Waals surface area contributed by atoms with Gasteiger partial charge in [-0.25, -0.2) is 4.39 Å². The molecule has 112 valence electrons. The van der Waals surface area contributed by atoms with E-state index in [-0.39, 0.29) is 17.4 Å². The van der Waals surface area contributed by atoms with Gasteiger partial charge in [-0.3, -0.25) is 0 Å². The van der Waals surface area contributed by atoms with Crippen LogP contribution in [0.15, 0.2) is 28.7 Å². The van der Waals surface area contributed by atoms with E-state index in [1.807, 2.05) is 13.0 Å². The summed E-state index contributed by atoms with van der Waals surface area (Å²) < 4.78 is 24.9. The van der Waals surface area contributed by atoms with Gasteiger partial charge in [0.1, 0.15) is 18.1 Å². The van der Waals surface area contributed by atoms with Gasteiger partial charge in [0.15, 0.2) is 11.6 Å². The molecule has 1 aliphatic carbocycles. The Kier molecular flexibility index (Phi) is 4.17. The number of rotatable bonds is 6. The molecule has 5 heteroatoms. The van der Waals surface area contributed by atoms with Crippen LogP contribution in [0.4, 0.5) is 4.39 Å². The molecule has 3 rings (SSSR count). The Hall–Kier alpha value is -1.52. The number of nitrogens with one attached hydrogen (secondary N) is 1. The molecule has 1 aromatic carbocycles. The molecular formula is C16H17ClFNO2. The lowest BCUT2D eigenvalue weighted by atomic mass is 10.2. The Bertz CT molecular complexity index is 637. The van der Waals surface area contributed by atoms with Gasteiger partial charge in [0, 0.05) is 6.04 Å². The summed E-state index contributed by atoms with van der Waals surface area (Å²) in [5.41, 5.74) is 1.08. The Balaban J connectivity index is 1.62. The molecule has 0 unspecified atom stereocenters. The fourth-order valence-corrected chi connectivity index (χ4v) is 2.27. The van der Waals surface area contributed by atoms with E-state index >= 15 is 0 Å². The van der Waals surface area contributed by atoms with Gasteiger partial charge in [-0.1, -0.05) is 17.7 Å². The lowest BCUT2D eigenvalue weighted by Crippen LogP contribution is -2.15. The molecule has 21 heavy (non-hydrogen) atoms. The second kappa shape index (κ2) is 6.08. The quantitative estimate of drug-likeness (QED) is 0.868. The number of halogens is 2. The number of furan rings is 1. The lowest BCUT2D eigenvalue weighted by Gasteiger charge is -2.06. The second-order valence-corrected chi connectivity index (χ2v) is 5.72. The molecule has 3 nitrogen and oxygen atoms in total. The summed E-state index contributed by atoms with van der Waals surface area (Å²) in [7, 11) is 0. The fourth-order valence-electron chi connectivity index (χ4n) is 2.11. The SMILES string of the molecule is Cc1cc(COc2cccc(Cl)c2F)oc1CNC1CC1. The van der Waals surface area contributed by atoms with E-state index in [4.69, 9.17) is 20.8 Å². The van der Waals surface area contributed by atoms with Gasteiger partial charge in [-0.2, -0.15) is 0 Å². The molecular weight excluding hydrogens is 293 g/mol. The molecule has 0 bridgehead atoms. The summed E-state index contributed by atoms with van der Waals surface area (Å²) in [6.45, 7) is 2.90.